The summed E-state index contributed by atoms with van der Waals surface area (Å²) in [6.07, 6.45) is 7.20. The zero-order valence-corrected chi connectivity index (χ0v) is 32.8. The first kappa shape index (κ1) is 38.0. The number of carbonyl (C=O) groups is 3. The van der Waals surface area contributed by atoms with Gasteiger partial charge in [0.2, 0.25) is 11.8 Å². The highest BCUT2D eigenvalue weighted by molar-refractivity contribution is 6.03. The zero-order chi connectivity index (χ0) is 40.8. The van der Waals surface area contributed by atoms with E-state index in [9.17, 15) is 19.2 Å². The molecule has 6 aromatic rings. The fourth-order valence-corrected chi connectivity index (χ4v) is 8.73. The largest absolute Gasteiger partial charge is 0.464 e. The maximum atomic E-state index is 16.2. The summed E-state index contributed by atoms with van der Waals surface area (Å²) in [5.74, 6) is 4.41. The van der Waals surface area contributed by atoms with Crippen LogP contribution in [0.4, 0.5) is 15.8 Å². The van der Waals surface area contributed by atoms with Gasteiger partial charge in [0.25, 0.3) is 11.5 Å². The van der Waals surface area contributed by atoms with Crippen LogP contribution in [0.2, 0.25) is 0 Å². The van der Waals surface area contributed by atoms with Gasteiger partial charge in [-0.25, -0.2) is 4.39 Å². The van der Waals surface area contributed by atoms with Crippen molar-refractivity contribution in [3.8, 4) is 23.0 Å². The average molecular weight is 792 g/mol. The van der Waals surface area contributed by atoms with E-state index in [-0.39, 0.29) is 36.0 Å². The third-order valence-corrected chi connectivity index (χ3v) is 11.9. The molecule has 0 aliphatic carbocycles. The first-order valence-electron chi connectivity index (χ1n) is 20.0. The Morgan fingerprint density at radius 3 is 2.63 bits per heavy atom. The number of benzene rings is 3. The predicted octanol–water partition coefficient (Wildman–Crippen LogP) is 7.07. The topological polar surface area (TPSA) is 136 Å². The minimum absolute atomic E-state index is 0.0301. The molecule has 0 bridgehead atoms. The van der Waals surface area contributed by atoms with Gasteiger partial charge in [0, 0.05) is 83.7 Å². The molecule has 6 heterocycles. The number of aromatic nitrogens is 2. The molecule has 3 amide bonds. The normalized spacial score (nSPS) is 17.1. The standard InChI is InChI=1S/C47H42FN5O6/c1-27-19-36-41(52(2)47(27)57)22-32(29-13-17-58-18-14-29)23-42(36)53-16-4-6-30-21-34(38(48)24-40(30)53)31-8-10-39(50-25-31)46(56)49-15-3-5-28-7-11-43-35(20-28)37(26-59-43)33-9-12-44(54)51-45(33)55/h7-8,10-11,19-26,29,33H,4,6,9,12-18H2,1-2H3,(H,49,56)(H,51,54,55). The molecule has 9 rings (SSSR count). The number of aryl methyl sites for hydroxylation is 3. The molecule has 3 aromatic carbocycles. The molecule has 2 fully saturated rings. The van der Waals surface area contributed by atoms with Gasteiger partial charge in [-0.1, -0.05) is 17.9 Å². The summed E-state index contributed by atoms with van der Waals surface area (Å²) in [6, 6.07) is 18.5. The van der Waals surface area contributed by atoms with Gasteiger partial charge in [0.15, 0.2) is 0 Å². The van der Waals surface area contributed by atoms with Gasteiger partial charge in [-0.15, -0.1) is 0 Å². The van der Waals surface area contributed by atoms with Crippen LogP contribution in [-0.2, 0) is 27.8 Å². The molecule has 11 nitrogen and oxygen atoms in total. The molecule has 2 N–H and O–H groups in total. The molecule has 0 saturated carbocycles. The molecule has 1 atom stereocenters. The fraction of sp³-hybridized carbons (Fsp3) is 0.298. The van der Waals surface area contributed by atoms with Crippen LogP contribution in [-0.4, -0.2) is 53.6 Å². The van der Waals surface area contributed by atoms with Gasteiger partial charge in [-0.3, -0.25) is 29.5 Å². The van der Waals surface area contributed by atoms with E-state index in [1.165, 1.54) is 6.20 Å². The highest BCUT2D eigenvalue weighted by Crippen LogP contribution is 2.42. The highest BCUT2D eigenvalue weighted by atomic mass is 19.1. The predicted molar refractivity (Wildman–Crippen MR) is 222 cm³/mol. The number of piperidine rings is 1. The lowest BCUT2D eigenvalue weighted by Crippen LogP contribution is -2.39. The Labute approximate surface area is 339 Å². The summed E-state index contributed by atoms with van der Waals surface area (Å²) in [5, 5.41) is 6.87. The van der Waals surface area contributed by atoms with Crippen LogP contribution >= 0.6 is 0 Å². The van der Waals surface area contributed by atoms with Gasteiger partial charge in [-0.2, -0.15) is 0 Å². The first-order valence-corrected chi connectivity index (χ1v) is 20.0. The maximum Gasteiger partial charge on any atom is 0.270 e. The molecule has 298 valence electrons. The fourth-order valence-electron chi connectivity index (χ4n) is 8.73. The molecular formula is C47H42FN5O6. The number of furan rings is 1. The number of hydrogen-bond donors (Lipinski definition) is 2. The van der Waals surface area contributed by atoms with Crippen molar-refractivity contribution in [1.82, 2.24) is 20.2 Å². The van der Waals surface area contributed by atoms with E-state index in [4.69, 9.17) is 9.15 Å². The number of hydrogen-bond acceptors (Lipinski definition) is 8. The van der Waals surface area contributed by atoms with Gasteiger partial charge >= 0.3 is 0 Å². The molecule has 12 heteroatoms. The van der Waals surface area contributed by atoms with Crippen molar-refractivity contribution in [3.63, 3.8) is 0 Å². The quantitative estimate of drug-likeness (QED) is 0.135. The van der Waals surface area contributed by atoms with Gasteiger partial charge in [0.1, 0.15) is 17.1 Å². The van der Waals surface area contributed by atoms with Crippen LogP contribution in [0.25, 0.3) is 33.0 Å². The van der Waals surface area contributed by atoms with E-state index in [1.54, 1.807) is 41.2 Å². The summed E-state index contributed by atoms with van der Waals surface area (Å²) in [7, 11) is 1.82. The number of carbonyl (C=O) groups excluding carboxylic acids is 3. The summed E-state index contributed by atoms with van der Waals surface area (Å²) in [4.78, 5) is 56.7. The minimum Gasteiger partial charge on any atom is -0.464 e. The van der Waals surface area contributed by atoms with Crippen molar-refractivity contribution in [3.05, 3.63) is 123 Å². The number of anilines is 2. The Balaban J connectivity index is 0.918. The van der Waals surface area contributed by atoms with E-state index in [0.717, 1.165) is 64.5 Å². The Morgan fingerprint density at radius 2 is 1.83 bits per heavy atom. The van der Waals surface area contributed by atoms with Crippen molar-refractivity contribution < 1.29 is 27.9 Å². The van der Waals surface area contributed by atoms with E-state index in [1.807, 2.05) is 32.2 Å². The molecule has 0 radical (unpaired) electrons. The molecule has 1 unspecified atom stereocenters. The first-order chi connectivity index (χ1) is 28.6. The number of fused-ring (bicyclic) bond motifs is 3. The second-order valence-electron chi connectivity index (χ2n) is 15.6. The molecule has 2 saturated heterocycles. The zero-order valence-electron chi connectivity index (χ0n) is 32.8. The summed E-state index contributed by atoms with van der Waals surface area (Å²) >= 11 is 0. The Bertz CT molecular complexity index is 2810. The van der Waals surface area contributed by atoms with Crippen molar-refractivity contribution >= 4 is 51.0 Å². The van der Waals surface area contributed by atoms with E-state index in [0.29, 0.717) is 65.5 Å². The SMILES string of the molecule is Cc1cc2c(N3CCCc4cc(-c5ccc(C(=O)NCC#Cc6ccc7occ(C8CCC(=O)NC8=O)c7c6)nc5)c(F)cc43)cc(C3CCOCC3)cc2n(C)c1=O. The van der Waals surface area contributed by atoms with Crippen molar-refractivity contribution in [2.45, 2.75) is 57.3 Å². The molecule has 3 aliphatic rings. The van der Waals surface area contributed by atoms with Crippen LogP contribution in [0.3, 0.4) is 0 Å². The number of halogens is 1. The second kappa shape index (κ2) is 15.6. The second-order valence-corrected chi connectivity index (χ2v) is 15.6. The van der Waals surface area contributed by atoms with Crippen molar-refractivity contribution in [2.75, 3.05) is 31.2 Å². The van der Waals surface area contributed by atoms with E-state index < -0.39 is 17.6 Å². The Hall–Kier alpha value is -6.58. The van der Waals surface area contributed by atoms with Crippen LogP contribution in [0.15, 0.2) is 82.3 Å². The number of pyridine rings is 2. The minimum atomic E-state index is -0.481. The molecule has 0 spiro atoms. The highest BCUT2D eigenvalue weighted by Gasteiger charge is 2.31. The Morgan fingerprint density at radius 1 is 0.983 bits per heavy atom. The molecular weight excluding hydrogens is 750 g/mol. The van der Waals surface area contributed by atoms with E-state index >= 15 is 4.39 Å². The number of imide groups is 1. The lowest BCUT2D eigenvalue weighted by atomic mass is 9.89. The van der Waals surface area contributed by atoms with Crippen LogP contribution < -0.4 is 21.1 Å². The van der Waals surface area contributed by atoms with Gasteiger partial charge < -0.3 is 23.9 Å². The van der Waals surface area contributed by atoms with Crippen LogP contribution in [0, 0.1) is 24.6 Å². The third kappa shape index (κ3) is 7.27. The van der Waals surface area contributed by atoms with Crippen molar-refractivity contribution in [1.29, 1.82) is 0 Å². The van der Waals surface area contributed by atoms with Crippen molar-refractivity contribution in [2.24, 2.45) is 7.05 Å². The summed E-state index contributed by atoms with van der Waals surface area (Å²) in [5.41, 5.74) is 8.58. The Kier molecular flexibility index (Phi) is 10.1. The smallest absolute Gasteiger partial charge is 0.270 e. The number of nitrogens with one attached hydrogen (secondary N) is 2. The lowest BCUT2D eigenvalue weighted by molar-refractivity contribution is -0.134. The molecule has 3 aliphatic heterocycles. The number of amides is 3. The summed E-state index contributed by atoms with van der Waals surface area (Å²) in [6.45, 7) is 4.00. The number of ether oxygens (including phenoxy) is 1. The van der Waals surface area contributed by atoms with Crippen LogP contribution in [0.5, 0.6) is 0 Å². The molecule has 3 aromatic heterocycles. The third-order valence-electron chi connectivity index (χ3n) is 11.9. The lowest BCUT2D eigenvalue weighted by Gasteiger charge is -2.34. The summed E-state index contributed by atoms with van der Waals surface area (Å²) < 4.78 is 29.2. The number of rotatable bonds is 6. The van der Waals surface area contributed by atoms with E-state index in [2.05, 4.69) is 44.5 Å². The molecule has 59 heavy (non-hydrogen) atoms. The van der Waals surface area contributed by atoms with Gasteiger partial charge in [0.05, 0.1) is 29.9 Å². The monoisotopic (exact) mass is 791 g/mol. The average Bonchev–Trinajstić information content (AvgIpc) is 3.67. The maximum absolute atomic E-state index is 16.2. The van der Waals surface area contributed by atoms with Crippen LogP contribution in [0.1, 0.15) is 82.2 Å². The number of nitrogens with zero attached hydrogens (tertiary/aromatic N) is 3. The van der Waals surface area contributed by atoms with Gasteiger partial charge in [-0.05, 0) is 111 Å².